The number of fused-ring (bicyclic) bond motifs is 2. The molecule has 162 valence electrons. The Balaban J connectivity index is 1.31. The van der Waals surface area contributed by atoms with E-state index >= 15 is 0 Å². The first-order valence-corrected chi connectivity index (χ1v) is 10.2. The molecule has 7 nitrogen and oxygen atoms in total. The summed E-state index contributed by atoms with van der Waals surface area (Å²) in [6.07, 6.45) is 5.27. The molecule has 4 aromatic rings. The molecule has 1 atom stereocenters. The predicted octanol–water partition coefficient (Wildman–Crippen LogP) is 3.67. The van der Waals surface area contributed by atoms with E-state index in [4.69, 9.17) is 4.74 Å². The van der Waals surface area contributed by atoms with Gasteiger partial charge >= 0.3 is 0 Å². The van der Waals surface area contributed by atoms with E-state index in [9.17, 15) is 13.6 Å². The van der Waals surface area contributed by atoms with Crippen molar-refractivity contribution in [3.63, 3.8) is 0 Å². The molecule has 5 rings (SSSR count). The maximum absolute atomic E-state index is 13.7. The largest absolute Gasteiger partial charge is 0.467 e. The lowest BCUT2D eigenvalue weighted by atomic mass is 9.93. The summed E-state index contributed by atoms with van der Waals surface area (Å²) in [5.41, 5.74) is 2.71. The summed E-state index contributed by atoms with van der Waals surface area (Å²) in [4.78, 5) is 20.9. The number of halogens is 2. The standard InChI is InChI=1S/C23H19F2N5O2/c24-14-8-15(25)10-16(9-14)30-21-7-3-6-20(18(21)11-28-30)29-22(31)12-32-23-17-4-1-2-5-19(17)26-13-27-23/h1-2,4-5,8-11,13,20H,3,6-7,12H2,(H,29,31)/t20-/m1/s1. The first-order valence-electron chi connectivity index (χ1n) is 10.2. The van der Waals surface area contributed by atoms with E-state index in [0.717, 1.165) is 41.1 Å². The average Bonchev–Trinajstić information content (AvgIpc) is 3.22. The summed E-state index contributed by atoms with van der Waals surface area (Å²) < 4.78 is 34.5. The van der Waals surface area contributed by atoms with E-state index in [1.807, 2.05) is 24.3 Å². The van der Waals surface area contributed by atoms with E-state index in [2.05, 4.69) is 20.4 Å². The monoisotopic (exact) mass is 435 g/mol. The van der Waals surface area contributed by atoms with Crippen LogP contribution in [0.15, 0.2) is 55.0 Å². The highest BCUT2D eigenvalue weighted by Gasteiger charge is 2.26. The lowest BCUT2D eigenvalue weighted by Gasteiger charge is -2.24. The lowest BCUT2D eigenvalue weighted by molar-refractivity contribution is -0.124. The van der Waals surface area contributed by atoms with Crippen LogP contribution in [0.4, 0.5) is 8.78 Å². The van der Waals surface area contributed by atoms with Crippen LogP contribution in [0.1, 0.15) is 30.1 Å². The number of nitrogens with zero attached hydrogens (tertiary/aromatic N) is 4. The summed E-state index contributed by atoms with van der Waals surface area (Å²) in [7, 11) is 0. The third-order valence-corrected chi connectivity index (χ3v) is 5.46. The van der Waals surface area contributed by atoms with E-state index < -0.39 is 11.6 Å². The van der Waals surface area contributed by atoms with Gasteiger partial charge < -0.3 is 10.1 Å². The average molecular weight is 435 g/mol. The van der Waals surface area contributed by atoms with Crippen LogP contribution in [0.25, 0.3) is 16.6 Å². The zero-order valence-corrected chi connectivity index (χ0v) is 17.0. The number of rotatable bonds is 5. The second-order valence-electron chi connectivity index (χ2n) is 7.58. The van der Waals surface area contributed by atoms with Gasteiger partial charge in [-0.1, -0.05) is 12.1 Å². The minimum atomic E-state index is -0.667. The van der Waals surface area contributed by atoms with Crippen molar-refractivity contribution < 1.29 is 18.3 Å². The quantitative estimate of drug-likeness (QED) is 0.517. The van der Waals surface area contributed by atoms with Crippen LogP contribution < -0.4 is 10.1 Å². The van der Waals surface area contributed by atoms with Gasteiger partial charge in [-0.3, -0.25) is 4.79 Å². The van der Waals surface area contributed by atoms with Crippen LogP contribution in [-0.2, 0) is 11.2 Å². The number of amides is 1. The molecule has 0 saturated heterocycles. The number of carbonyl (C=O) groups is 1. The number of nitrogens with one attached hydrogen (secondary N) is 1. The van der Waals surface area contributed by atoms with Gasteiger partial charge in [-0.05, 0) is 43.5 Å². The number of benzene rings is 2. The Morgan fingerprint density at radius 2 is 1.97 bits per heavy atom. The van der Waals surface area contributed by atoms with Crippen molar-refractivity contribution in [3.05, 3.63) is 77.9 Å². The number of para-hydroxylation sites is 1. The lowest BCUT2D eigenvalue weighted by Crippen LogP contribution is -2.34. The van der Waals surface area contributed by atoms with Gasteiger partial charge in [0.25, 0.3) is 5.91 Å². The molecule has 9 heteroatoms. The van der Waals surface area contributed by atoms with Gasteiger partial charge in [0.2, 0.25) is 5.88 Å². The highest BCUT2D eigenvalue weighted by molar-refractivity contribution is 5.84. The first kappa shape index (κ1) is 20.0. The van der Waals surface area contributed by atoms with Crippen molar-refractivity contribution in [2.75, 3.05) is 6.61 Å². The third-order valence-electron chi connectivity index (χ3n) is 5.46. The van der Waals surface area contributed by atoms with Crippen LogP contribution in [0.5, 0.6) is 5.88 Å². The minimum Gasteiger partial charge on any atom is -0.467 e. The Hall–Kier alpha value is -3.88. The molecule has 1 N–H and O–H groups in total. The summed E-state index contributed by atoms with van der Waals surface area (Å²) in [5.74, 6) is -1.29. The molecule has 2 aromatic carbocycles. The van der Waals surface area contributed by atoms with E-state index in [-0.39, 0.29) is 18.6 Å². The molecule has 1 amide bonds. The summed E-state index contributed by atoms with van der Waals surface area (Å²) >= 11 is 0. The molecule has 2 heterocycles. The molecule has 0 unspecified atom stereocenters. The van der Waals surface area contributed by atoms with Crippen LogP contribution in [0, 0.1) is 11.6 Å². The van der Waals surface area contributed by atoms with Crippen molar-refractivity contribution in [3.8, 4) is 11.6 Å². The summed E-state index contributed by atoms with van der Waals surface area (Å²) in [5, 5.41) is 8.02. The first-order chi connectivity index (χ1) is 15.6. The number of hydrogen-bond donors (Lipinski definition) is 1. The van der Waals surface area contributed by atoms with Crippen molar-refractivity contribution in [2.24, 2.45) is 0 Å². The maximum atomic E-state index is 13.7. The van der Waals surface area contributed by atoms with Crippen LogP contribution in [0.2, 0.25) is 0 Å². The molecule has 32 heavy (non-hydrogen) atoms. The minimum absolute atomic E-state index is 0.198. The van der Waals surface area contributed by atoms with Gasteiger partial charge in [-0.25, -0.2) is 23.4 Å². The fourth-order valence-electron chi connectivity index (χ4n) is 4.06. The molecule has 1 aliphatic rings. The molecule has 0 fully saturated rings. The molecule has 0 radical (unpaired) electrons. The van der Waals surface area contributed by atoms with Crippen LogP contribution in [0.3, 0.4) is 0 Å². The highest BCUT2D eigenvalue weighted by atomic mass is 19.1. The fraction of sp³-hybridized carbons (Fsp3) is 0.217. The fourth-order valence-corrected chi connectivity index (χ4v) is 4.06. The van der Waals surface area contributed by atoms with Gasteiger partial charge in [-0.15, -0.1) is 0 Å². The normalized spacial score (nSPS) is 15.4. The molecular formula is C23H19F2N5O2. The third kappa shape index (κ3) is 3.89. The zero-order valence-electron chi connectivity index (χ0n) is 17.0. The maximum Gasteiger partial charge on any atom is 0.258 e. The summed E-state index contributed by atoms with van der Waals surface area (Å²) in [6.45, 7) is -0.198. The van der Waals surface area contributed by atoms with Crippen molar-refractivity contribution in [2.45, 2.75) is 25.3 Å². The van der Waals surface area contributed by atoms with Crippen LogP contribution in [-0.4, -0.2) is 32.3 Å². The van der Waals surface area contributed by atoms with Gasteiger partial charge in [-0.2, -0.15) is 5.10 Å². The van der Waals surface area contributed by atoms with Gasteiger partial charge in [0, 0.05) is 17.3 Å². The van der Waals surface area contributed by atoms with E-state index in [1.165, 1.54) is 23.1 Å². The Bertz CT molecular complexity index is 1280. The molecule has 2 aromatic heterocycles. The molecule has 0 bridgehead atoms. The van der Waals surface area contributed by atoms with Crippen molar-refractivity contribution in [1.29, 1.82) is 0 Å². The van der Waals surface area contributed by atoms with Gasteiger partial charge in [0.15, 0.2) is 6.61 Å². The molecule has 0 aliphatic heterocycles. The Morgan fingerprint density at radius 1 is 1.16 bits per heavy atom. The molecule has 1 aliphatic carbocycles. The number of hydrogen-bond acceptors (Lipinski definition) is 5. The SMILES string of the molecule is O=C(COc1ncnc2ccccc12)N[C@@H]1CCCc2c1cnn2-c1cc(F)cc(F)c1. The Morgan fingerprint density at radius 3 is 2.81 bits per heavy atom. The number of carbonyl (C=O) groups excluding carboxylic acids is 1. The number of ether oxygens (including phenoxy) is 1. The van der Waals surface area contributed by atoms with E-state index in [0.29, 0.717) is 18.0 Å². The second-order valence-corrected chi connectivity index (χ2v) is 7.58. The molecule has 0 spiro atoms. The predicted molar refractivity (Wildman–Crippen MR) is 112 cm³/mol. The van der Waals surface area contributed by atoms with Crippen molar-refractivity contribution >= 4 is 16.8 Å². The second kappa shape index (κ2) is 8.33. The van der Waals surface area contributed by atoms with Crippen molar-refractivity contribution in [1.82, 2.24) is 25.1 Å². The Kier molecular flexibility index (Phi) is 5.22. The topological polar surface area (TPSA) is 81.9 Å². The smallest absolute Gasteiger partial charge is 0.258 e. The van der Waals surface area contributed by atoms with E-state index in [1.54, 1.807) is 6.20 Å². The van der Waals surface area contributed by atoms with Gasteiger partial charge in [0.1, 0.15) is 18.0 Å². The van der Waals surface area contributed by atoms with Crippen LogP contribution >= 0.6 is 0 Å². The van der Waals surface area contributed by atoms with Gasteiger partial charge in [0.05, 0.1) is 28.8 Å². The zero-order chi connectivity index (χ0) is 22.1. The summed E-state index contributed by atoms with van der Waals surface area (Å²) in [6, 6.07) is 10.4. The Labute approximate surface area is 182 Å². The number of aromatic nitrogens is 4. The molecule has 0 saturated carbocycles. The molecular weight excluding hydrogens is 416 g/mol. The highest BCUT2D eigenvalue weighted by Crippen LogP contribution is 2.31.